The van der Waals surface area contributed by atoms with E-state index >= 15 is 0 Å². The summed E-state index contributed by atoms with van der Waals surface area (Å²) in [6.07, 6.45) is 0.699. The smallest absolute Gasteiger partial charge is 0.264 e. The summed E-state index contributed by atoms with van der Waals surface area (Å²) in [6.45, 7) is 3.13. The van der Waals surface area contributed by atoms with Crippen molar-refractivity contribution in [2.24, 2.45) is 0 Å². The number of nitrogens with one attached hydrogen (secondary N) is 1. The molecule has 0 radical (unpaired) electrons. The number of para-hydroxylation sites is 2. The zero-order valence-electron chi connectivity index (χ0n) is 23.3. The zero-order valence-corrected chi connectivity index (χ0v) is 25.6. The third-order valence-electron chi connectivity index (χ3n) is 6.39. The number of benzene rings is 3. The summed E-state index contributed by atoms with van der Waals surface area (Å²) in [5, 5.41) is 3.41. The predicted molar refractivity (Wildman–Crippen MR) is 160 cm³/mol. The molecule has 1 N–H and O–H groups in total. The first kappa shape index (κ1) is 32.0. The summed E-state index contributed by atoms with van der Waals surface area (Å²) in [7, 11) is -1.41. The van der Waals surface area contributed by atoms with Crippen molar-refractivity contribution in [1.82, 2.24) is 10.2 Å². The molecule has 1 atom stereocenters. The molecule has 0 saturated carbocycles. The van der Waals surface area contributed by atoms with Gasteiger partial charge < -0.3 is 19.7 Å². The van der Waals surface area contributed by atoms with E-state index < -0.39 is 34.4 Å². The number of nitrogens with zero attached hydrogens (tertiary/aromatic N) is 2. The molecule has 0 saturated heterocycles. The zero-order chi connectivity index (χ0) is 30.2. The lowest BCUT2D eigenvalue weighted by molar-refractivity contribution is -0.139. The summed E-state index contributed by atoms with van der Waals surface area (Å²) < 4.78 is 39.6. The van der Waals surface area contributed by atoms with Gasteiger partial charge in [-0.25, -0.2) is 8.42 Å². The van der Waals surface area contributed by atoms with Crippen molar-refractivity contribution in [2.45, 2.75) is 37.8 Å². The molecule has 0 unspecified atom stereocenters. The molecule has 0 bridgehead atoms. The molecule has 0 aliphatic heterocycles. The van der Waals surface area contributed by atoms with Crippen LogP contribution in [0.5, 0.6) is 11.5 Å². The SMILES string of the molecule is CCCNC(=O)[C@H](C)N(Cc1c(Cl)cccc1Cl)C(=O)CN(c1ccccc1OC)S(=O)(=O)c1ccc(OC)cc1. The van der Waals surface area contributed by atoms with Crippen molar-refractivity contribution in [1.29, 1.82) is 0 Å². The molecule has 0 aliphatic rings. The van der Waals surface area contributed by atoms with Crippen molar-refractivity contribution < 1.29 is 27.5 Å². The van der Waals surface area contributed by atoms with Crippen LogP contribution in [0.1, 0.15) is 25.8 Å². The van der Waals surface area contributed by atoms with Gasteiger partial charge in [-0.2, -0.15) is 0 Å². The highest BCUT2D eigenvalue weighted by atomic mass is 35.5. The van der Waals surface area contributed by atoms with E-state index in [0.29, 0.717) is 34.3 Å². The van der Waals surface area contributed by atoms with Crippen molar-refractivity contribution in [2.75, 3.05) is 31.6 Å². The van der Waals surface area contributed by atoms with Crippen molar-refractivity contribution >= 4 is 50.7 Å². The highest BCUT2D eigenvalue weighted by Gasteiger charge is 2.34. The number of rotatable bonds is 13. The Morgan fingerprint density at radius 1 is 0.927 bits per heavy atom. The molecular weight excluding hydrogens is 589 g/mol. The molecule has 0 aromatic heterocycles. The third kappa shape index (κ3) is 7.63. The second kappa shape index (κ2) is 14.4. The molecule has 0 heterocycles. The van der Waals surface area contributed by atoms with Gasteiger partial charge in [0.1, 0.15) is 24.1 Å². The minimum absolute atomic E-state index is 0.0635. The number of sulfonamides is 1. The van der Waals surface area contributed by atoms with Gasteiger partial charge in [-0.15, -0.1) is 0 Å². The molecule has 0 aliphatic carbocycles. The van der Waals surface area contributed by atoms with Gasteiger partial charge in [0.2, 0.25) is 11.8 Å². The Balaban J connectivity index is 2.10. The fourth-order valence-corrected chi connectivity index (χ4v) is 6.00. The number of halogens is 2. The fourth-order valence-electron chi connectivity index (χ4n) is 4.06. The Morgan fingerprint density at radius 2 is 1.56 bits per heavy atom. The summed E-state index contributed by atoms with van der Waals surface area (Å²) in [6, 6.07) is 16.2. The predicted octanol–water partition coefficient (Wildman–Crippen LogP) is 5.15. The Morgan fingerprint density at radius 3 is 2.15 bits per heavy atom. The van der Waals surface area contributed by atoms with E-state index in [4.69, 9.17) is 32.7 Å². The van der Waals surface area contributed by atoms with Gasteiger partial charge in [0.25, 0.3) is 10.0 Å². The van der Waals surface area contributed by atoms with Gasteiger partial charge in [-0.3, -0.25) is 13.9 Å². The van der Waals surface area contributed by atoms with Crippen LogP contribution in [-0.4, -0.2) is 58.5 Å². The minimum atomic E-state index is -4.29. The first-order chi connectivity index (χ1) is 19.5. The van der Waals surface area contributed by atoms with Crippen LogP contribution in [0.15, 0.2) is 71.6 Å². The maximum Gasteiger partial charge on any atom is 0.264 e. The highest BCUT2D eigenvalue weighted by Crippen LogP contribution is 2.33. The highest BCUT2D eigenvalue weighted by molar-refractivity contribution is 7.92. The molecule has 0 fully saturated rings. The van der Waals surface area contributed by atoms with E-state index in [1.54, 1.807) is 49.4 Å². The van der Waals surface area contributed by atoms with Crippen LogP contribution in [0, 0.1) is 0 Å². The maximum atomic E-state index is 14.0. The number of carbonyl (C=O) groups excluding carboxylic acids is 2. The quantitative estimate of drug-likeness (QED) is 0.283. The lowest BCUT2D eigenvalue weighted by atomic mass is 10.1. The third-order valence-corrected chi connectivity index (χ3v) is 8.87. The molecule has 41 heavy (non-hydrogen) atoms. The summed E-state index contributed by atoms with van der Waals surface area (Å²) >= 11 is 12.8. The fraction of sp³-hybridized carbons (Fsp3) is 0.310. The Kier molecular flexibility index (Phi) is 11.3. The van der Waals surface area contributed by atoms with Gasteiger partial charge >= 0.3 is 0 Å². The molecule has 12 heteroatoms. The van der Waals surface area contributed by atoms with Gasteiger partial charge in [0, 0.05) is 28.7 Å². The molecule has 9 nitrogen and oxygen atoms in total. The first-order valence-corrected chi connectivity index (χ1v) is 15.0. The number of ether oxygens (including phenoxy) is 2. The number of hydrogen-bond donors (Lipinski definition) is 1. The lowest BCUT2D eigenvalue weighted by Gasteiger charge is -2.32. The van der Waals surface area contributed by atoms with Gasteiger partial charge in [0.15, 0.2) is 0 Å². The van der Waals surface area contributed by atoms with Crippen LogP contribution >= 0.6 is 23.2 Å². The molecule has 3 rings (SSSR count). The normalized spacial score (nSPS) is 11.9. The number of amides is 2. The molecule has 3 aromatic carbocycles. The Bertz CT molecular complexity index is 1450. The average Bonchev–Trinajstić information content (AvgIpc) is 2.98. The van der Waals surface area contributed by atoms with E-state index in [1.807, 2.05) is 6.92 Å². The van der Waals surface area contributed by atoms with E-state index in [0.717, 1.165) is 4.31 Å². The second-order valence-electron chi connectivity index (χ2n) is 9.05. The number of carbonyl (C=O) groups is 2. The van der Waals surface area contributed by atoms with E-state index in [-0.39, 0.29) is 22.9 Å². The Hall–Kier alpha value is -3.47. The molecule has 220 valence electrons. The molecule has 3 aromatic rings. The van der Waals surface area contributed by atoms with Gasteiger partial charge in [-0.05, 0) is 61.9 Å². The lowest BCUT2D eigenvalue weighted by Crippen LogP contribution is -2.51. The van der Waals surface area contributed by atoms with Crippen LogP contribution in [-0.2, 0) is 26.2 Å². The monoisotopic (exact) mass is 621 g/mol. The molecular formula is C29H33Cl2N3O6S. The summed E-state index contributed by atoms with van der Waals surface area (Å²) in [5.41, 5.74) is 0.583. The van der Waals surface area contributed by atoms with Crippen LogP contribution in [0.4, 0.5) is 5.69 Å². The van der Waals surface area contributed by atoms with Crippen LogP contribution < -0.4 is 19.1 Å². The summed E-state index contributed by atoms with van der Waals surface area (Å²) in [4.78, 5) is 28.3. The number of hydrogen-bond acceptors (Lipinski definition) is 6. The van der Waals surface area contributed by atoms with Crippen LogP contribution in [0.2, 0.25) is 10.0 Å². The largest absolute Gasteiger partial charge is 0.497 e. The van der Waals surface area contributed by atoms with E-state index in [1.165, 1.54) is 43.4 Å². The minimum Gasteiger partial charge on any atom is -0.497 e. The summed E-state index contributed by atoms with van der Waals surface area (Å²) in [5.74, 6) is -0.334. The van der Waals surface area contributed by atoms with Crippen LogP contribution in [0.25, 0.3) is 0 Å². The molecule has 2 amide bonds. The topological polar surface area (TPSA) is 105 Å². The second-order valence-corrected chi connectivity index (χ2v) is 11.7. The standard InChI is InChI=1S/C29H33Cl2N3O6S/c1-5-17-32-29(36)20(2)33(18-23-24(30)9-8-10-25(23)31)28(35)19-34(26-11-6-7-12-27(26)40-4)41(37,38)22-15-13-21(39-3)14-16-22/h6-16,20H,5,17-19H2,1-4H3,(H,32,36)/t20-/m0/s1. The number of methoxy groups -OCH3 is 2. The van der Waals surface area contributed by atoms with Crippen molar-refractivity contribution in [3.05, 3.63) is 82.3 Å². The van der Waals surface area contributed by atoms with Crippen molar-refractivity contribution in [3.8, 4) is 11.5 Å². The molecule has 0 spiro atoms. The van der Waals surface area contributed by atoms with Crippen molar-refractivity contribution in [3.63, 3.8) is 0 Å². The van der Waals surface area contributed by atoms with Gasteiger partial charge in [-0.1, -0.05) is 48.3 Å². The van der Waals surface area contributed by atoms with E-state index in [9.17, 15) is 18.0 Å². The first-order valence-electron chi connectivity index (χ1n) is 12.8. The Labute approximate surface area is 251 Å². The van der Waals surface area contributed by atoms with Gasteiger partial charge in [0.05, 0.1) is 24.8 Å². The maximum absolute atomic E-state index is 14.0. The van der Waals surface area contributed by atoms with E-state index in [2.05, 4.69) is 5.32 Å². The van der Waals surface area contributed by atoms with Crippen LogP contribution in [0.3, 0.4) is 0 Å². The average molecular weight is 623 g/mol. The number of anilines is 1.